The van der Waals surface area contributed by atoms with E-state index < -0.39 is 18.8 Å². The van der Waals surface area contributed by atoms with Crippen molar-refractivity contribution in [2.24, 2.45) is 0 Å². The topological polar surface area (TPSA) is 61.3 Å². The van der Waals surface area contributed by atoms with Crippen molar-refractivity contribution in [3.8, 4) is 5.88 Å². The number of hydrogen-bond donors (Lipinski definition) is 0. The summed E-state index contributed by atoms with van der Waals surface area (Å²) in [7, 11) is 1.13. The number of methoxy groups -OCH3 is 1. The van der Waals surface area contributed by atoms with Gasteiger partial charge in [-0.1, -0.05) is 0 Å². The minimum absolute atomic E-state index is 0.116. The number of carbonyl (C=O) groups is 1. The largest absolute Gasteiger partial charge is 0.468 e. The van der Waals surface area contributed by atoms with E-state index in [1.807, 2.05) is 0 Å². The molecule has 1 rings (SSSR count). The molecule has 0 bridgehead atoms. The Morgan fingerprint density at radius 2 is 2.06 bits per heavy atom. The number of nitrogens with zero attached hydrogens (tertiary/aromatic N) is 2. The highest BCUT2D eigenvalue weighted by Gasteiger charge is 2.29. The van der Waals surface area contributed by atoms with Gasteiger partial charge in [-0.25, -0.2) is 9.78 Å². The summed E-state index contributed by atoms with van der Waals surface area (Å²) in [4.78, 5) is 18.4. The van der Waals surface area contributed by atoms with Crippen LogP contribution in [-0.2, 0) is 4.74 Å². The van der Waals surface area contributed by atoms with Gasteiger partial charge in [0.15, 0.2) is 12.3 Å². The first-order valence-corrected chi connectivity index (χ1v) is 4.45. The van der Waals surface area contributed by atoms with E-state index in [-0.39, 0.29) is 17.4 Å². The second kappa shape index (κ2) is 4.98. The third-order valence-electron chi connectivity index (χ3n) is 1.59. The molecule has 0 fully saturated rings. The lowest BCUT2D eigenvalue weighted by atomic mass is 10.4. The smallest absolute Gasteiger partial charge is 0.422 e. The summed E-state index contributed by atoms with van der Waals surface area (Å²) in [6, 6.07) is 0.991. The van der Waals surface area contributed by atoms with Gasteiger partial charge in [-0.2, -0.15) is 18.2 Å². The summed E-state index contributed by atoms with van der Waals surface area (Å²) in [6.07, 6.45) is -4.47. The molecule has 0 N–H and O–H groups in total. The summed E-state index contributed by atoms with van der Waals surface area (Å²) < 4.78 is 44.5. The fraction of sp³-hybridized carbons (Fsp3) is 0.444. The first-order chi connectivity index (χ1) is 7.81. The highest BCUT2D eigenvalue weighted by Crippen LogP contribution is 2.17. The van der Waals surface area contributed by atoms with Gasteiger partial charge in [0.1, 0.15) is 5.82 Å². The predicted molar refractivity (Wildman–Crippen MR) is 49.7 cm³/mol. The Labute approximate surface area is 94.6 Å². The van der Waals surface area contributed by atoms with E-state index in [1.54, 1.807) is 0 Å². The van der Waals surface area contributed by atoms with Crippen LogP contribution in [0.3, 0.4) is 0 Å². The molecular weight excluding hydrogens is 241 g/mol. The second-order valence-electron chi connectivity index (χ2n) is 3.03. The number of esters is 1. The Balaban J connectivity index is 2.86. The average molecular weight is 250 g/mol. The first kappa shape index (κ1) is 13.2. The zero-order chi connectivity index (χ0) is 13.1. The number of rotatable bonds is 3. The van der Waals surface area contributed by atoms with Gasteiger partial charge in [-0.3, -0.25) is 0 Å². The lowest BCUT2D eigenvalue weighted by Gasteiger charge is -2.09. The molecule has 1 aromatic heterocycles. The first-order valence-electron chi connectivity index (χ1n) is 4.45. The van der Waals surface area contributed by atoms with Crippen LogP contribution in [0.4, 0.5) is 13.2 Å². The average Bonchev–Trinajstić information content (AvgIpc) is 2.23. The fourth-order valence-electron chi connectivity index (χ4n) is 0.979. The quantitative estimate of drug-likeness (QED) is 0.761. The summed E-state index contributed by atoms with van der Waals surface area (Å²) >= 11 is 0. The maximum Gasteiger partial charge on any atom is 0.422 e. The number of aromatic nitrogens is 2. The lowest BCUT2D eigenvalue weighted by Crippen LogP contribution is -2.20. The van der Waals surface area contributed by atoms with Gasteiger partial charge in [0.2, 0.25) is 5.88 Å². The molecule has 0 aromatic carbocycles. The summed E-state index contributed by atoms with van der Waals surface area (Å²) in [5, 5.41) is 0. The number of alkyl halides is 3. The zero-order valence-corrected chi connectivity index (χ0v) is 9.04. The third kappa shape index (κ3) is 4.25. The monoisotopic (exact) mass is 250 g/mol. The van der Waals surface area contributed by atoms with Crippen molar-refractivity contribution in [1.82, 2.24) is 9.97 Å². The van der Waals surface area contributed by atoms with E-state index in [0.29, 0.717) is 0 Å². The van der Waals surface area contributed by atoms with Crippen molar-refractivity contribution in [1.29, 1.82) is 0 Å². The van der Waals surface area contributed by atoms with Gasteiger partial charge in [0, 0.05) is 6.07 Å². The molecule has 0 aliphatic heterocycles. The van der Waals surface area contributed by atoms with Crippen LogP contribution in [0.15, 0.2) is 6.07 Å². The molecule has 5 nitrogen and oxygen atoms in total. The minimum Gasteiger partial charge on any atom is -0.468 e. The van der Waals surface area contributed by atoms with E-state index in [4.69, 9.17) is 0 Å². The highest BCUT2D eigenvalue weighted by atomic mass is 19.4. The predicted octanol–water partition coefficient (Wildman–Crippen LogP) is 1.51. The van der Waals surface area contributed by atoms with E-state index in [9.17, 15) is 18.0 Å². The summed E-state index contributed by atoms with van der Waals surface area (Å²) in [6.45, 7) is -0.0586. The molecule has 0 amide bonds. The Morgan fingerprint density at radius 3 is 2.59 bits per heavy atom. The van der Waals surface area contributed by atoms with Crippen molar-refractivity contribution in [2.45, 2.75) is 13.1 Å². The van der Waals surface area contributed by atoms with Crippen LogP contribution in [0, 0.1) is 6.92 Å². The van der Waals surface area contributed by atoms with Gasteiger partial charge in [0.05, 0.1) is 7.11 Å². The number of aryl methyl sites for hydroxylation is 1. The lowest BCUT2D eigenvalue weighted by molar-refractivity contribution is -0.154. The SMILES string of the molecule is COC(=O)c1cc(OCC(F)(F)F)nc(C)n1. The van der Waals surface area contributed by atoms with Gasteiger partial charge in [-0.05, 0) is 6.92 Å². The van der Waals surface area contributed by atoms with Crippen molar-refractivity contribution >= 4 is 5.97 Å². The van der Waals surface area contributed by atoms with Crippen molar-refractivity contribution < 1.29 is 27.4 Å². The van der Waals surface area contributed by atoms with Gasteiger partial charge in [-0.15, -0.1) is 0 Å². The Bertz CT molecular complexity index is 420. The minimum atomic E-state index is -4.47. The molecule has 8 heteroatoms. The van der Waals surface area contributed by atoms with Crippen molar-refractivity contribution in [3.63, 3.8) is 0 Å². The zero-order valence-electron chi connectivity index (χ0n) is 9.04. The highest BCUT2D eigenvalue weighted by molar-refractivity contribution is 5.87. The molecule has 0 spiro atoms. The molecule has 1 aromatic rings. The van der Waals surface area contributed by atoms with Crippen LogP contribution < -0.4 is 4.74 Å². The molecule has 0 aliphatic carbocycles. The van der Waals surface area contributed by atoms with E-state index in [1.165, 1.54) is 6.92 Å². The molecule has 0 atom stereocenters. The van der Waals surface area contributed by atoms with Gasteiger partial charge in [0.25, 0.3) is 0 Å². The van der Waals surface area contributed by atoms with Crippen LogP contribution in [0.1, 0.15) is 16.3 Å². The number of halogens is 3. The normalized spacial score (nSPS) is 11.1. The standard InChI is InChI=1S/C9H9F3N2O3/c1-5-13-6(8(15)16-2)3-7(14-5)17-4-9(10,11)12/h3H,4H2,1-2H3. The van der Waals surface area contributed by atoms with Crippen molar-refractivity contribution in [3.05, 3.63) is 17.6 Å². The summed E-state index contributed by atoms with van der Waals surface area (Å²) in [5.41, 5.74) is -0.155. The van der Waals surface area contributed by atoms with E-state index in [0.717, 1.165) is 13.2 Å². The number of ether oxygens (including phenoxy) is 2. The van der Waals surface area contributed by atoms with Crippen LogP contribution in [0.5, 0.6) is 5.88 Å². The second-order valence-corrected chi connectivity index (χ2v) is 3.03. The number of hydrogen-bond acceptors (Lipinski definition) is 5. The maximum absolute atomic E-state index is 11.9. The molecule has 0 saturated heterocycles. The molecule has 0 aliphatic rings. The Morgan fingerprint density at radius 1 is 1.41 bits per heavy atom. The Hall–Kier alpha value is -1.86. The molecule has 17 heavy (non-hydrogen) atoms. The van der Waals surface area contributed by atoms with Gasteiger partial charge >= 0.3 is 12.1 Å². The molecule has 0 radical (unpaired) electrons. The third-order valence-corrected chi connectivity index (χ3v) is 1.59. The van der Waals surface area contributed by atoms with E-state index >= 15 is 0 Å². The van der Waals surface area contributed by atoms with E-state index in [2.05, 4.69) is 19.4 Å². The van der Waals surface area contributed by atoms with Crippen LogP contribution in [0.25, 0.3) is 0 Å². The molecule has 94 valence electrons. The number of carbonyl (C=O) groups excluding carboxylic acids is 1. The molecular formula is C9H9F3N2O3. The Kier molecular flexibility index (Phi) is 3.87. The molecule has 0 unspecified atom stereocenters. The summed E-state index contributed by atoms with van der Waals surface area (Å²) in [5.74, 6) is -0.979. The van der Waals surface area contributed by atoms with Crippen LogP contribution in [0.2, 0.25) is 0 Å². The maximum atomic E-state index is 11.9. The fourth-order valence-corrected chi connectivity index (χ4v) is 0.979. The van der Waals surface area contributed by atoms with Crippen molar-refractivity contribution in [2.75, 3.05) is 13.7 Å². The van der Waals surface area contributed by atoms with Gasteiger partial charge < -0.3 is 9.47 Å². The van der Waals surface area contributed by atoms with Crippen LogP contribution in [-0.4, -0.2) is 35.8 Å². The molecule has 1 heterocycles. The molecule has 0 saturated carbocycles. The van der Waals surface area contributed by atoms with Crippen LogP contribution >= 0.6 is 0 Å².